The highest BCUT2D eigenvalue weighted by atomic mass is 79.9. The first kappa shape index (κ1) is 14.9. The smallest absolute Gasteiger partial charge is 0.226 e. The van der Waals surface area contributed by atoms with E-state index in [0.29, 0.717) is 23.7 Å². The van der Waals surface area contributed by atoms with Crippen molar-refractivity contribution in [1.29, 1.82) is 0 Å². The summed E-state index contributed by atoms with van der Waals surface area (Å²) < 4.78 is 1.01. The quantitative estimate of drug-likeness (QED) is 0.828. The molecule has 20 heavy (non-hydrogen) atoms. The van der Waals surface area contributed by atoms with E-state index in [4.69, 9.17) is 11.6 Å². The molecular formula is C15H14BrClN2O. The molecule has 0 unspecified atom stereocenters. The van der Waals surface area contributed by atoms with Crippen LogP contribution in [0.5, 0.6) is 0 Å². The van der Waals surface area contributed by atoms with Gasteiger partial charge in [-0.25, -0.2) is 0 Å². The summed E-state index contributed by atoms with van der Waals surface area (Å²) >= 11 is 9.26. The molecule has 2 rings (SSSR count). The summed E-state index contributed by atoms with van der Waals surface area (Å²) in [6.45, 7) is 0.572. The topological polar surface area (TPSA) is 41.1 Å². The van der Waals surface area contributed by atoms with Crippen molar-refractivity contribution in [3.8, 4) is 0 Å². The minimum atomic E-state index is -0.0465. The highest BCUT2D eigenvalue weighted by Crippen LogP contribution is 2.16. The van der Waals surface area contributed by atoms with Crippen LogP contribution < -0.4 is 10.6 Å². The molecule has 2 aromatic carbocycles. The van der Waals surface area contributed by atoms with Gasteiger partial charge in [0, 0.05) is 33.8 Å². The molecule has 5 heteroatoms. The highest BCUT2D eigenvalue weighted by molar-refractivity contribution is 9.10. The molecule has 0 fully saturated rings. The van der Waals surface area contributed by atoms with Gasteiger partial charge < -0.3 is 10.6 Å². The summed E-state index contributed by atoms with van der Waals surface area (Å²) in [7, 11) is 0. The minimum absolute atomic E-state index is 0.0465. The molecule has 0 bridgehead atoms. The van der Waals surface area contributed by atoms with E-state index in [1.54, 1.807) is 18.2 Å². The maximum atomic E-state index is 11.8. The molecule has 0 saturated carbocycles. The number of carbonyl (C=O) groups excluding carboxylic acids is 1. The van der Waals surface area contributed by atoms with E-state index in [2.05, 4.69) is 26.6 Å². The Labute approximate surface area is 131 Å². The van der Waals surface area contributed by atoms with Gasteiger partial charge in [0.1, 0.15) is 0 Å². The average molecular weight is 354 g/mol. The van der Waals surface area contributed by atoms with Gasteiger partial charge in [0.25, 0.3) is 0 Å². The lowest BCUT2D eigenvalue weighted by Crippen LogP contribution is -2.16. The van der Waals surface area contributed by atoms with Crippen molar-refractivity contribution >= 4 is 44.8 Å². The molecular weight excluding hydrogens is 340 g/mol. The molecule has 1 amide bonds. The molecule has 0 aliphatic carbocycles. The van der Waals surface area contributed by atoms with E-state index in [1.807, 2.05) is 30.3 Å². The second-order valence-electron chi connectivity index (χ2n) is 4.25. The van der Waals surface area contributed by atoms with Crippen LogP contribution in [0.3, 0.4) is 0 Å². The fourth-order valence-corrected chi connectivity index (χ4v) is 2.30. The average Bonchev–Trinajstić information content (AvgIpc) is 2.38. The number of anilines is 2. The number of benzene rings is 2. The van der Waals surface area contributed by atoms with Crippen molar-refractivity contribution < 1.29 is 4.79 Å². The standard InChI is InChI=1S/C15H14BrClN2O/c16-11-3-1-5-13(9-11)18-8-7-15(20)19-14-6-2-4-12(17)10-14/h1-6,9-10,18H,7-8H2,(H,19,20). The molecule has 0 atom stereocenters. The van der Waals surface area contributed by atoms with Crippen LogP contribution in [0.2, 0.25) is 5.02 Å². The first-order valence-electron chi connectivity index (χ1n) is 6.18. The predicted octanol–water partition coefficient (Wildman–Crippen LogP) is 4.54. The van der Waals surface area contributed by atoms with Crippen molar-refractivity contribution in [2.45, 2.75) is 6.42 Å². The van der Waals surface area contributed by atoms with Crippen LogP contribution in [0.1, 0.15) is 6.42 Å². The highest BCUT2D eigenvalue weighted by Gasteiger charge is 2.02. The van der Waals surface area contributed by atoms with Crippen LogP contribution in [0.25, 0.3) is 0 Å². The van der Waals surface area contributed by atoms with Crippen LogP contribution in [0.15, 0.2) is 53.0 Å². The summed E-state index contributed by atoms with van der Waals surface area (Å²) in [5.41, 5.74) is 1.69. The Hall–Kier alpha value is -1.52. The number of nitrogens with one attached hydrogen (secondary N) is 2. The lowest BCUT2D eigenvalue weighted by atomic mass is 10.3. The Morgan fingerprint density at radius 2 is 1.85 bits per heavy atom. The summed E-state index contributed by atoms with van der Waals surface area (Å²) in [5.74, 6) is -0.0465. The monoisotopic (exact) mass is 352 g/mol. The van der Waals surface area contributed by atoms with E-state index in [-0.39, 0.29) is 5.91 Å². The lowest BCUT2D eigenvalue weighted by molar-refractivity contribution is -0.115. The number of carbonyl (C=O) groups is 1. The molecule has 104 valence electrons. The van der Waals surface area contributed by atoms with Crippen molar-refractivity contribution in [2.75, 3.05) is 17.2 Å². The molecule has 2 aromatic rings. The number of hydrogen-bond acceptors (Lipinski definition) is 2. The Morgan fingerprint density at radius 3 is 2.60 bits per heavy atom. The Kier molecular flexibility index (Phi) is 5.44. The van der Waals surface area contributed by atoms with Gasteiger partial charge in [0.05, 0.1) is 0 Å². The fraction of sp³-hybridized carbons (Fsp3) is 0.133. The third kappa shape index (κ3) is 4.87. The normalized spacial score (nSPS) is 10.1. The number of halogens is 2. The van der Waals surface area contributed by atoms with Gasteiger partial charge in [-0.15, -0.1) is 0 Å². The maximum Gasteiger partial charge on any atom is 0.226 e. The molecule has 0 aliphatic heterocycles. The van der Waals surface area contributed by atoms with Crippen LogP contribution >= 0.6 is 27.5 Å². The summed E-state index contributed by atoms with van der Waals surface area (Å²) in [5, 5.41) is 6.61. The molecule has 0 aromatic heterocycles. The van der Waals surface area contributed by atoms with Gasteiger partial charge in [-0.3, -0.25) is 4.79 Å². The molecule has 2 N–H and O–H groups in total. The summed E-state index contributed by atoms with van der Waals surface area (Å²) in [4.78, 5) is 11.8. The maximum absolute atomic E-state index is 11.8. The second kappa shape index (κ2) is 7.31. The molecule has 0 spiro atoms. The second-order valence-corrected chi connectivity index (χ2v) is 5.60. The fourth-order valence-electron chi connectivity index (χ4n) is 1.71. The van der Waals surface area contributed by atoms with Gasteiger partial charge >= 0.3 is 0 Å². The number of amides is 1. The van der Waals surface area contributed by atoms with E-state index in [1.165, 1.54) is 0 Å². The Morgan fingerprint density at radius 1 is 1.10 bits per heavy atom. The Bertz CT molecular complexity index is 604. The SMILES string of the molecule is O=C(CCNc1cccc(Br)c1)Nc1cccc(Cl)c1. The van der Waals surface area contributed by atoms with Crippen LogP contribution in [-0.2, 0) is 4.79 Å². The van der Waals surface area contributed by atoms with Crippen molar-refractivity contribution in [3.63, 3.8) is 0 Å². The summed E-state index contributed by atoms with van der Waals surface area (Å²) in [6, 6.07) is 14.9. The van der Waals surface area contributed by atoms with Gasteiger partial charge in [-0.05, 0) is 36.4 Å². The predicted molar refractivity (Wildman–Crippen MR) is 87.3 cm³/mol. The molecule has 0 aliphatic rings. The third-order valence-corrected chi connectivity index (χ3v) is 3.34. The first-order chi connectivity index (χ1) is 9.63. The zero-order valence-electron chi connectivity index (χ0n) is 10.7. The van der Waals surface area contributed by atoms with Crippen molar-refractivity contribution in [1.82, 2.24) is 0 Å². The van der Waals surface area contributed by atoms with Crippen LogP contribution in [0, 0.1) is 0 Å². The van der Waals surface area contributed by atoms with Gasteiger partial charge in [0.2, 0.25) is 5.91 Å². The largest absolute Gasteiger partial charge is 0.384 e. The zero-order valence-corrected chi connectivity index (χ0v) is 13.0. The van der Waals surface area contributed by atoms with E-state index < -0.39 is 0 Å². The molecule has 0 radical (unpaired) electrons. The number of rotatable bonds is 5. The summed E-state index contributed by atoms with van der Waals surface area (Å²) in [6.07, 6.45) is 0.388. The Balaban J connectivity index is 1.78. The van der Waals surface area contributed by atoms with E-state index in [9.17, 15) is 4.79 Å². The first-order valence-corrected chi connectivity index (χ1v) is 7.35. The van der Waals surface area contributed by atoms with Crippen molar-refractivity contribution in [3.05, 3.63) is 58.0 Å². The van der Waals surface area contributed by atoms with E-state index in [0.717, 1.165) is 10.2 Å². The van der Waals surface area contributed by atoms with Gasteiger partial charge in [-0.2, -0.15) is 0 Å². The minimum Gasteiger partial charge on any atom is -0.384 e. The zero-order chi connectivity index (χ0) is 14.4. The molecule has 3 nitrogen and oxygen atoms in total. The third-order valence-electron chi connectivity index (χ3n) is 2.61. The molecule has 0 saturated heterocycles. The van der Waals surface area contributed by atoms with E-state index >= 15 is 0 Å². The van der Waals surface area contributed by atoms with Gasteiger partial charge in [0.15, 0.2) is 0 Å². The molecule has 0 heterocycles. The number of hydrogen-bond donors (Lipinski definition) is 2. The van der Waals surface area contributed by atoms with Gasteiger partial charge in [-0.1, -0.05) is 39.7 Å². The van der Waals surface area contributed by atoms with Crippen LogP contribution in [-0.4, -0.2) is 12.5 Å². The van der Waals surface area contributed by atoms with Crippen molar-refractivity contribution in [2.24, 2.45) is 0 Å². The van der Waals surface area contributed by atoms with Crippen LogP contribution in [0.4, 0.5) is 11.4 Å². The lowest BCUT2D eigenvalue weighted by Gasteiger charge is -2.08.